The maximum Gasteiger partial charge on any atom is 0.242 e. The van der Waals surface area contributed by atoms with Gasteiger partial charge in [0.15, 0.2) is 0 Å². The Kier molecular flexibility index (Phi) is 5.65. The number of sulfonamides is 1. The van der Waals surface area contributed by atoms with Crippen molar-refractivity contribution in [1.82, 2.24) is 9.21 Å². The van der Waals surface area contributed by atoms with Gasteiger partial charge in [-0.05, 0) is 54.8 Å². The first-order valence-electron chi connectivity index (χ1n) is 8.81. The summed E-state index contributed by atoms with van der Waals surface area (Å²) in [5, 5.41) is 0. The standard InChI is InChI=1S/C20H26N2O3S/c1-21(2)26(23,24)19-10-4-7-16(13-19)15-22-12-6-11-20(22)17-8-5-9-18(14-17)25-3/h4-5,7-10,13-14,20H,6,11-12,15H2,1-3H3. The van der Waals surface area contributed by atoms with Crippen molar-refractivity contribution >= 4 is 10.0 Å². The van der Waals surface area contributed by atoms with E-state index in [1.54, 1.807) is 33.3 Å². The number of hydrogen-bond donors (Lipinski definition) is 0. The summed E-state index contributed by atoms with van der Waals surface area (Å²) < 4.78 is 31.4. The van der Waals surface area contributed by atoms with Crippen LogP contribution in [0.5, 0.6) is 5.75 Å². The Morgan fingerprint density at radius 1 is 1.15 bits per heavy atom. The summed E-state index contributed by atoms with van der Waals surface area (Å²) in [5.41, 5.74) is 2.27. The van der Waals surface area contributed by atoms with E-state index in [2.05, 4.69) is 17.0 Å². The van der Waals surface area contributed by atoms with E-state index in [1.807, 2.05) is 24.3 Å². The molecule has 2 aromatic rings. The van der Waals surface area contributed by atoms with Gasteiger partial charge in [0, 0.05) is 26.7 Å². The number of benzene rings is 2. The lowest BCUT2D eigenvalue weighted by molar-refractivity contribution is 0.248. The van der Waals surface area contributed by atoms with Crippen LogP contribution < -0.4 is 4.74 Å². The minimum absolute atomic E-state index is 0.333. The molecule has 0 N–H and O–H groups in total. The van der Waals surface area contributed by atoms with Gasteiger partial charge in [-0.1, -0.05) is 24.3 Å². The van der Waals surface area contributed by atoms with E-state index in [1.165, 1.54) is 9.87 Å². The van der Waals surface area contributed by atoms with Gasteiger partial charge in [-0.25, -0.2) is 12.7 Å². The zero-order valence-electron chi connectivity index (χ0n) is 15.6. The third-order valence-corrected chi connectivity index (χ3v) is 6.72. The SMILES string of the molecule is COc1cccc(C2CCCN2Cc2cccc(S(=O)(=O)N(C)C)c2)c1. The Bertz CT molecular complexity index is 865. The Morgan fingerprint density at radius 3 is 2.65 bits per heavy atom. The molecule has 1 unspecified atom stereocenters. The first-order chi connectivity index (χ1) is 12.4. The maximum atomic E-state index is 12.4. The second-order valence-corrected chi connectivity index (χ2v) is 8.99. The van der Waals surface area contributed by atoms with Crippen LogP contribution in [-0.2, 0) is 16.6 Å². The highest BCUT2D eigenvalue weighted by atomic mass is 32.2. The zero-order valence-corrected chi connectivity index (χ0v) is 16.4. The summed E-state index contributed by atoms with van der Waals surface area (Å²) >= 11 is 0. The first kappa shape index (κ1) is 18.9. The smallest absolute Gasteiger partial charge is 0.242 e. The van der Waals surface area contributed by atoms with Crippen LogP contribution in [0.25, 0.3) is 0 Å². The fourth-order valence-corrected chi connectivity index (χ4v) is 4.46. The number of ether oxygens (including phenoxy) is 1. The molecule has 0 aromatic heterocycles. The summed E-state index contributed by atoms with van der Waals surface area (Å²) in [6, 6.07) is 15.8. The van der Waals surface area contributed by atoms with Crippen molar-refractivity contribution < 1.29 is 13.2 Å². The van der Waals surface area contributed by atoms with Gasteiger partial charge in [-0.2, -0.15) is 0 Å². The molecular weight excluding hydrogens is 348 g/mol. The molecule has 6 heteroatoms. The van der Waals surface area contributed by atoms with E-state index in [0.29, 0.717) is 10.9 Å². The quantitative estimate of drug-likeness (QED) is 0.779. The molecule has 1 atom stereocenters. The van der Waals surface area contributed by atoms with Crippen molar-refractivity contribution in [2.75, 3.05) is 27.7 Å². The number of hydrogen-bond acceptors (Lipinski definition) is 4. The van der Waals surface area contributed by atoms with Crippen molar-refractivity contribution in [1.29, 1.82) is 0 Å². The molecule has 0 amide bonds. The molecule has 3 rings (SSSR count). The predicted molar refractivity (Wildman–Crippen MR) is 103 cm³/mol. The van der Waals surface area contributed by atoms with E-state index in [-0.39, 0.29) is 0 Å². The molecule has 0 bridgehead atoms. The van der Waals surface area contributed by atoms with Gasteiger partial charge in [0.25, 0.3) is 0 Å². The fourth-order valence-electron chi connectivity index (χ4n) is 3.49. The second kappa shape index (κ2) is 7.78. The monoisotopic (exact) mass is 374 g/mol. The van der Waals surface area contributed by atoms with Gasteiger partial charge in [0.2, 0.25) is 10.0 Å². The molecule has 26 heavy (non-hydrogen) atoms. The third kappa shape index (κ3) is 3.92. The summed E-state index contributed by atoms with van der Waals surface area (Å²) in [4.78, 5) is 2.76. The Balaban J connectivity index is 1.82. The Morgan fingerprint density at radius 2 is 1.92 bits per heavy atom. The van der Waals surface area contributed by atoms with E-state index in [9.17, 15) is 8.42 Å². The average molecular weight is 375 g/mol. The molecule has 1 aliphatic heterocycles. The van der Waals surface area contributed by atoms with E-state index < -0.39 is 10.0 Å². The summed E-state index contributed by atoms with van der Waals surface area (Å²) in [6.45, 7) is 1.74. The van der Waals surface area contributed by atoms with Gasteiger partial charge < -0.3 is 4.74 Å². The first-order valence-corrected chi connectivity index (χ1v) is 10.3. The predicted octanol–water partition coefficient (Wildman–Crippen LogP) is 3.28. The summed E-state index contributed by atoms with van der Waals surface area (Å²) in [5.74, 6) is 0.869. The summed E-state index contributed by atoms with van der Waals surface area (Å²) in [6.07, 6.45) is 2.24. The van der Waals surface area contributed by atoms with Gasteiger partial charge in [0.1, 0.15) is 5.75 Å². The maximum absolute atomic E-state index is 12.4. The molecule has 0 saturated carbocycles. The minimum atomic E-state index is -3.41. The minimum Gasteiger partial charge on any atom is -0.497 e. The fraction of sp³-hybridized carbons (Fsp3) is 0.400. The molecule has 1 aliphatic rings. The van der Waals surface area contributed by atoms with Crippen molar-refractivity contribution in [3.8, 4) is 5.75 Å². The van der Waals surface area contributed by atoms with Crippen molar-refractivity contribution in [2.24, 2.45) is 0 Å². The van der Waals surface area contributed by atoms with Crippen molar-refractivity contribution in [3.05, 3.63) is 59.7 Å². The normalized spacial score (nSPS) is 18.4. The molecule has 1 fully saturated rings. The van der Waals surface area contributed by atoms with Crippen LogP contribution in [0.3, 0.4) is 0 Å². The van der Waals surface area contributed by atoms with E-state index in [0.717, 1.165) is 37.2 Å². The largest absolute Gasteiger partial charge is 0.497 e. The highest BCUT2D eigenvalue weighted by Crippen LogP contribution is 2.34. The molecule has 2 aromatic carbocycles. The zero-order chi connectivity index (χ0) is 18.7. The Hall–Kier alpha value is -1.89. The van der Waals surface area contributed by atoms with Crippen LogP contribution in [0.2, 0.25) is 0 Å². The average Bonchev–Trinajstić information content (AvgIpc) is 3.10. The van der Waals surface area contributed by atoms with Gasteiger partial charge in [-0.3, -0.25) is 4.90 Å². The molecular formula is C20H26N2O3S. The molecule has 0 radical (unpaired) electrons. The third-order valence-electron chi connectivity index (χ3n) is 4.90. The molecule has 1 saturated heterocycles. The number of nitrogens with zero attached hydrogens (tertiary/aromatic N) is 2. The molecule has 1 heterocycles. The lowest BCUT2D eigenvalue weighted by Gasteiger charge is -2.25. The van der Waals surface area contributed by atoms with Crippen LogP contribution in [0.15, 0.2) is 53.4 Å². The number of methoxy groups -OCH3 is 1. The molecule has 5 nitrogen and oxygen atoms in total. The molecule has 0 spiro atoms. The van der Waals surface area contributed by atoms with E-state index in [4.69, 9.17) is 4.74 Å². The summed E-state index contributed by atoms with van der Waals surface area (Å²) in [7, 11) is 1.39. The van der Waals surface area contributed by atoms with Crippen LogP contribution in [0, 0.1) is 0 Å². The number of likely N-dealkylation sites (tertiary alicyclic amines) is 1. The van der Waals surface area contributed by atoms with E-state index >= 15 is 0 Å². The highest BCUT2D eigenvalue weighted by Gasteiger charge is 2.26. The van der Waals surface area contributed by atoms with Crippen molar-refractivity contribution in [3.63, 3.8) is 0 Å². The second-order valence-electron chi connectivity index (χ2n) is 6.84. The van der Waals surface area contributed by atoms with Gasteiger partial charge in [-0.15, -0.1) is 0 Å². The Labute approximate surface area is 156 Å². The lowest BCUT2D eigenvalue weighted by Crippen LogP contribution is -2.24. The topological polar surface area (TPSA) is 49.9 Å². The lowest BCUT2D eigenvalue weighted by atomic mass is 10.0. The highest BCUT2D eigenvalue weighted by molar-refractivity contribution is 7.89. The van der Waals surface area contributed by atoms with Crippen LogP contribution in [0.4, 0.5) is 0 Å². The van der Waals surface area contributed by atoms with Crippen LogP contribution in [0.1, 0.15) is 30.0 Å². The van der Waals surface area contributed by atoms with Crippen LogP contribution >= 0.6 is 0 Å². The number of rotatable bonds is 6. The van der Waals surface area contributed by atoms with Gasteiger partial charge in [0.05, 0.1) is 12.0 Å². The molecule has 140 valence electrons. The van der Waals surface area contributed by atoms with Gasteiger partial charge >= 0.3 is 0 Å². The van der Waals surface area contributed by atoms with Crippen LogP contribution in [-0.4, -0.2) is 45.4 Å². The molecule has 0 aliphatic carbocycles. The van der Waals surface area contributed by atoms with Crippen molar-refractivity contribution in [2.45, 2.75) is 30.3 Å².